The standard InChI is InChI=1S/C23H26N4O5S2/c1-2-32-23(29)26-11-13-27(14-12-26)34(30,31)17-9-7-16(8-10-17)21(28)25-22-19(15-24)18-5-3-4-6-20(18)33-22/h7-10H,2-6,11-14H2,1H3,(H,25,28). The van der Waals surface area contributed by atoms with E-state index in [1.807, 2.05) is 0 Å². The molecule has 0 bridgehead atoms. The maximum Gasteiger partial charge on any atom is 0.409 e. The van der Waals surface area contributed by atoms with E-state index in [2.05, 4.69) is 11.4 Å². The van der Waals surface area contributed by atoms with E-state index in [4.69, 9.17) is 4.74 Å². The van der Waals surface area contributed by atoms with Gasteiger partial charge < -0.3 is 15.0 Å². The van der Waals surface area contributed by atoms with Crippen LogP contribution in [0.5, 0.6) is 0 Å². The molecule has 0 atom stereocenters. The molecular formula is C23H26N4O5S2. The molecule has 2 aromatic rings. The molecule has 1 aromatic carbocycles. The summed E-state index contributed by atoms with van der Waals surface area (Å²) in [4.78, 5) is 27.3. The van der Waals surface area contributed by atoms with Crippen molar-refractivity contribution in [3.63, 3.8) is 0 Å². The Bertz CT molecular complexity index is 1220. The number of carbonyl (C=O) groups is 2. The molecule has 0 spiro atoms. The predicted molar refractivity (Wildman–Crippen MR) is 127 cm³/mol. The van der Waals surface area contributed by atoms with Gasteiger partial charge in [-0.1, -0.05) is 0 Å². The number of hydrogen-bond acceptors (Lipinski definition) is 7. The van der Waals surface area contributed by atoms with Crippen molar-refractivity contribution in [2.24, 2.45) is 0 Å². The quantitative estimate of drug-likeness (QED) is 0.670. The van der Waals surface area contributed by atoms with Crippen molar-refractivity contribution >= 4 is 38.4 Å². The van der Waals surface area contributed by atoms with Gasteiger partial charge in [0, 0.05) is 36.6 Å². The molecule has 4 rings (SSSR count). The van der Waals surface area contributed by atoms with Gasteiger partial charge in [-0.2, -0.15) is 9.57 Å². The summed E-state index contributed by atoms with van der Waals surface area (Å²) in [5.41, 5.74) is 1.88. The Morgan fingerprint density at radius 2 is 1.79 bits per heavy atom. The van der Waals surface area contributed by atoms with Gasteiger partial charge in [0.05, 0.1) is 17.1 Å². The molecule has 34 heavy (non-hydrogen) atoms. The molecule has 1 aliphatic heterocycles. The van der Waals surface area contributed by atoms with E-state index in [0.29, 0.717) is 16.1 Å². The third-order valence-corrected chi connectivity index (χ3v) is 9.15. The van der Waals surface area contributed by atoms with Crippen molar-refractivity contribution in [3.05, 3.63) is 45.8 Å². The van der Waals surface area contributed by atoms with Crippen LogP contribution < -0.4 is 5.32 Å². The van der Waals surface area contributed by atoms with Gasteiger partial charge in [-0.05, 0) is 62.4 Å². The van der Waals surface area contributed by atoms with Crippen LogP contribution in [0.2, 0.25) is 0 Å². The Morgan fingerprint density at radius 1 is 1.12 bits per heavy atom. The number of carbonyl (C=O) groups excluding carboxylic acids is 2. The van der Waals surface area contributed by atoms with E-state index in [0.717, 1.165) is 36.1 Å². The van der Waals surface area contributed by atoms with Crippen molar-refractivity contribution in [1.29, 1.82) is 5.26 Å². The summed E-state index contributed by atoms with van der Waals surface area (Å²) in [6, 6.07) is 7.98. The zero-order valence-corrected chi connectivity index (χ0v) is 20.5. The Morgan fingerprint density at radius 3 is 2.44 bits per heavy atom. The number of nitriles is 1. The van der Waals surface area contributed by atoms with Crippen LogP contribution in [0.1, 0.15) is 46.1 Å². The molecule has 2 heterocycles. The number of benzene rings is 1. The van der Waals surface area contributed by atoms with Gasteiger partial charge in [-0.3, -0.25) is 4.79 Å². The van der Waals surface area contributed by atoms with Gasteiger partial charge in [0.1, 0.15) is 11.1 Å². The molecule has 9 nitrogen and oxygen atoms in total. The monoisotopic (exact) mass is 502 g/mol. The van der Waals surface area contributed by atoms with Gasteiger partial charge in [-0.25, -0.2) is 13.2 Å². The Hall–Kier alpha value is -2.94. The number of aryl methyl sites for hydroxylation is 1. The molecule has 0 unspecified atom stereocenters. The van der Waals surface area contributed by atoms with Gasteiger partial charge >= 0.3 is 6.09 Å². The van der Waals surface area contributed by atoms with Crippen LogP contribution in [-0.2, 0) is 27.6 Å². The highest BCUT2D eigenvalue weighted by atomic mass is 32.2. The second-order valence-electron chi connectivity index (χ2n) is 8.10. The summed E-state index contributed by atoms with van der Waals surface area (Å²) in [5, 5.41) is 13.0. The summed E-state index contributed by atoms with van der Waals surface area (Å²) in [5.74, 6) is -0.387. The predicted octanol–water partition coefficient (Wildman–Crippen LogP) is 3.21. The number of ether oxygens (including phenoxy) is 1. The first-order valence-electron chi connectivity index (χ1n) is 11.2. The first-order chi connectivity index (χ1) is 16.3. The zero-order valence-electron chi connectivity index (χ0n) is 18.9. The van der Waals surface area contributed by atoms with Gasteiger partial charge in [0.25, 0.3) is 5.91 Å². The third-order valence-electron chi connectivity index (χ3n) is 6.03. The van der Waals surface area contributed by atoms with Gasteiger partial charge in [-0.15, -0.1) is 11.3 Å². The van der Waals surface area contributed by atoms with E-state index in [1.54, 1.807) is 6.92 Å². The number of fused-ring (bicyclic) bond motifs is 1. The van der Waals surface area contributed by atoms with Gasteiger partial charge in [0.2, 0.25) is 10.0 Å². The van der Waals surface area contributed by atoms with E-state index < -0.39 is 16.1 Å². The number of thiophene rings is 1. The number of sulfonamides is 1. The van der Waals surface area contributed by atoms with Gasteiger partial charge in [0.15, 0.2) is 0 Å². The number of nitrogens with one attached hydrogen (secondary N) is 1. The van der Waals surface area contributed by atoms with Crippen molar-refractivity contribution in [2.75, 3.05) is 38.1 Å². The highest BCUT2D eigenvalue weighted by Gasteiger charge is 2.31. The van der Waals surface area contributed by atoms with E-state index in [9.17, 15) is 23.3 Å². The van der Waals surface area contributed by atoms with Crippen LogP contribution in [0, 0.1) is 11.3 Å². The zero-order chi connectivity index (χ0) is 24.3. The molecule has 2 amide bonds. The normalized spacial score (nSPS) is 16.4. The summed E-state index contributed by atoms with van der Waals surface area (Å²) in [6.45, 7) is 2.84. The molecule has 11 heteroatoms. The topological polar surface area (TPSA) is 120 Å². The number of piperazine rings is 1. The summed E-state index contributed by atoms with van der Waals surface area (Å²) in [7, 11) is -3.76. The maximum atomic E-state index is 13.0. The summed E-state index contributed by atoms with van der Waals surface area (Å²) in [6.07, 6.45) is 3.45. The lowest BCUT2D eigenvalue weighted by Crippen LogP contribution is -2.50. The Balaban J connectivity index is 1.43. The minimum Gasteiger partial charge on any atom is -0.450 e. The molecule has 1 fully saturated rings. The highest BCUT2D eigenvalue weighted by molar-refractivity contribution is 7.89. The van der Waals surface area contributed by atoms with Crippen LogP contribution in [0.15, 0.2) is 29.2 Å². The molecule has 0 radical (unpaired) electrons. The second kappa shape index (κ2) is 10.1. The minimum absolute atomic E-state index is 0.0814. The van der Waals surface area contributed by atoms with Crippen LogP contribution in [0.4, 0.5) is 9.80 Å². The molecule has 1 aromatic heterocycles. The fourth-order valence-corrected chi connectivity index (χ4v) is 6.86. The number of hydrogen-bond donors (Lipinski definition) is 1. The number of nitrogens with zero attached hydrogens (tertiary/aromatic N) is 3. The smallest absolute Gasteiger partial charge is 0.409 e. The molecule has 1 N–H and O–H groups in total. The molecule has 0 saturated carbocycles. The Labute approximate surface area is 203 Å². The highest BCUT2D eigenvalue weighted by Crippen LogP contribution is 2.37. The van der Waals surface area contributed by atoms with Crippen molar-refractivity contribution in [2.45, 2.75) is 37.5 Å². The third kappa shape index (κ3) is 4.80. The first-order valence-corrected chi connectivity index (χ1v) is 13.5. The fourth-order valence-electron chi connectivity index (χ4n) is 4.20. The average Bonchev–Trinajstić information content (AvgIpc) is 3.21. The second-order valence-corrected chi connectivity index (χ2v) is 11.1. The van der Waals surface area contributed by atoms with E-state index >= 15 is 0 Å². The molecular weight excluding hydrogens is 476 g/mol. The number of anilines is 1. The lowest BCUT2D eigenvalue weighted by atomic mass is 9.96. The van der Waals surface area contributed by atoms with Crippen molar-refractivity contribution in [3.8, 4) is 6.07 Å². The van der Waals surface area contributed by atoms with Crippen LogP contribution in [0.3, 0.4) is 0 Å². The molecule has 1 saturated heterocycles. The molecule has 180 valence electrons. The summed E-state index contributed by atoms with van der Waals surface area (Å²) < 4.78 is 32.3. The lowest BCUT2D eigenvalue weighted by molar-refractivity contribution is 0.0933. The van der Waals surface area contributed by atoms with Crippen molar-refractivity contribution in [1.82, 2.24) is 9.21 Å². The molecule has 1 aliphatic carbocycles. The van der Waals surface area contributed by atoms with E-state index in [-0.39, 0.29) is 43.6 Å². The van der Waals surface area contributed by atoms with Crippen LogP contribution in [-0.4, -0.2) is 62.4 Å². The largest absolute Gasteiger partial charge is 0.450 e. The Kier molecular flexibility index (Phi) is 7.21. The van der Waals surface area contributed by atoms with Crippen LogP contribution in [0.25, 0.3) is 0 Å². The maximum absolute atomic E-state index is 13.0. The van der Waals surface area contributed by atoms with Crippen LogP contribution >= 0.6 is 11.3 Å². The van der Waals surface area contributed by atoms with E-state index in [1.165, 1.54) is 44.8 Å². The van der Waals surface area contributed by atoms with Crippen molar-refractivity contribution < 1.29 is 22.7 Å². The lowest BCUT2D eigenvalue weighted by Gasteiger charge is -2.33. The fraction of sp³-hybridized carbons (Fsp3) is 0.435. The minimum atomic E-state index is -3.76. The average molecular weight is 503 g/mol. The molecule has 2 aliphatic rings. The summed E-state index contributed by atoms with van der Waals surface area (Å²) >= 11 is 1.45. The first kappa shape index (κ1) is 24.2. The SMILES string of the molecule is CCOC(=O)N1CCN(S(=O)(=O)c2ccc(C(=O)Nc3sc4c(c3C#N)CCCC4)cc2)CC1. The number of rotatable bonds is 5. The number of amides is 2.